The Morgan fingerprint density at radius 1 is 1.33 bits per heavy atom. The lowest BCUT2D eigenvalue weighted by Crippen LogP contribution is -2.48. The maximum Gasteiger partial charge on any atom is 0.176 e. The zero-order chi connectivity index (χ0) is 16.9. The molecule has 4 nitrogen and oxygen atoms in total. The molecular weight excluding hydrogens is 298 g/mol. The zero-order valence-corrected chi connectivity index (χ0v) is 13.9. The Bertz CT molecular complexity index is 887. The van der Waals surface area contributed by atoms with Crippen LogP contribution in [-0.2, 0) is 23.7 Å². The molecule has 0 saturated heterocycles. The Hall–Kier alpha value is -2.67. The fraction of sp³-hybridized carbons (Fsp3) is 0.350. The van der Waals surface area contributed by atoms with Gasteiger partial charge in [-0.3, -0.25) is 9.48 Å². The maximum atomic E-state index is 12.6. The van der Waals surface area contributed by atoms with Crippen molar-refractivity contribution < 1.29 is 4.79 Å². The van der Waals surface area contributed by atoms with E-state index in [-0.39, 0.29) is 23.2 Å². The number of aromatic nitrogens is 2. The van der Waals surface area contributed by atoms with Gasteiger partial charge in [-0.25, -0.2) is 0 Å². The first-order chi connectivity index (χ1) is 11.6. The van der Waals surface area contributed by atoms with Gasteiger partial charge in [0.2, 0.25) is 0 Å². The second-order valence-electron chi connectivity index (χ2n) is 6.84. The summed E-state index contributed by atoms with van der Waals surface area (Å²) in [6, 6.07) is 12.4. The van der Waals surface area contributed by atoms with Gasteiger partial charge < -0.3 is 0 Å². The summed E-state index contributed by atoms with van der Waals surface area (Å²) in [6.07, 6.45) is 5.69. The highest BCUT2D eigenvalue weighted by Gasteiger charge is 2.53. The van der Waals surface area contributed by atoms with Gasteiger partial charge in [0.15, 0.2) is 5.78 Å². The number of nitriles is 1. The zero-order valence-electron chi connectivity index (χ0n) is 13.9. The molecule has 2 aliphatic rings. The molecule has 2 aliphatic carbocycles. The van der Waals surface area contributed by atoms with E-state index in [4.69, 9.17) is 0 Å². The number of rotatable bonds is 1. The van der Waals surface area contributed by atoms with Crippen LogP contribution in [0.3, 0.4) is 0 Å². The standard InChI is InChI=1S/C20H19N3O/c1-13-17-9-8-14-12-22-23(2)19(14)20(17,10-15(11-21)18(13)24)16-6-4-3-5-7-16/h3-7,10,12-13,17H,8-9H2,1-2H3/t13?,17?,20-/m1/s1. The van der Waals surface area contributed by atoms with Gasteiger partial charge in [0, 0.05) is 13.0 Å². The van der Waals surface area contributed by atoms with Crippen molar-refractivity contribution in [3.63, 3.8) is 0 Å². The first-order valence-corrected chi connectivity index (χ1v) is 8.33. The number of hydrogen-bond acceptors (Lipinski definition) is 3. The number of aryl methyl sites for hydroxylation is 2. The fourth-order valence-electron chi connectivity index (χ4n) is 4.70. The van der Waals surface area contributed by atoms with E-state index in [0.29, 0.717) is 0 Å². The normalized spacial score (nSPS) is 28.5. The highest BCUT2D eigenvalue weighted by Crippen LogP contribution is 2.53. The second-order valence-corrected chi connectivity index (χ2v) is 6.84. The van der Waals surface area contributed by atoms with Crippen LogP contribution in [0.4, 0.5) is 0 Å². The van der Waals surface area contributed by atoms with Gasteiger partial charge in [-0.2, -0.15) is 10.4 Å². The van der Waals surface area contributed by atoms with Crippen LogP contribution in [0.25, 0.3) is 0 Å². The molecule has 2 unspecified atom stereocenters. The van der Waals surface area contributed by atoms with E-state index >= 15 is 0 Å². The van der Waals surface area contributed by atoms with Crippen LogP contribution in [0.15, 0.2) is 48.2 Å². The molecule has 4 rings (SSSR count). The average molecular weight is 317 g/mol. The van der Waals surface area contributed by atoms with Crippen LogP contribution in [0, 0.1) is 23.2 Å². The molecule has 1 aromatic carbocycles. The van der Waals surface area contributed by atoms with E-state index in [1.165, 1.54) is 5.56 Å². The molecule has 0 aliphatic heterocycles. The maximum absolute atomic E-state index is 12.6. The molecule has 0 fully saturated rings. The number of carbonyl (C=O) groups is 1. The lowest BCUT2D eigenvalue weighted by Gasteiger charge is -2.47. The summed E-state index contributed by atoms with van der Waals surface area (Å²) in [6.45, 7) is 1.97. The van der Waals surface area contributed by atoms with Crippen molar-refractivity contribution >= 4 is 5.78 Å². The highest BCUT2D eigenvalue weighted by molar-refractivity contribution is 6.02. The van der Waals surface area contributed by atoms with Gasteiger partial charge in [0.1, 0.15) is 6.07 Å². The molecule has 0 N–H and O–H groups in total. The number of Topliss-reactive ketones (excluding diaryl/α,β-unsaturated/α-hetero) is 1. The van der Waals surface area contributed by atoms with Crippen molar-refractivity contribution in [3.05, 3.63) is 65.0 Å². The predicted octanol–water partition coefficient (Wildman–Crippen LogP) is 2.94. The first-order valence-electron chi connectivity index (χ1n) is 8.33. The number of benzene rings is 1. The largest absolute Gasteiger partial charge is 0.293 e. The average Bonchev–Trinajstić information content (AvgIpc) is 3.00. The van der Waals surface area contributed by atoms with E-state index < -0.39 is 5.41 Å². The minimum Gasteiger partial charge on any atom is -0.293 e. The summed E-state index contributed by atoms with van der Waals surface area (Å²) in [7, 11) is 1.95. The fourth-order valence-corrected chi connectivity index (χ4v) is 4.70. The molecule has 0 saturated carbocycles. The Labute approximate surface area is 141 Å². The third-order valence-corrected chi connectivity index (χ3v) is 5.74. The summed E-state index contributed by atoms with van der Waals surface area (Å²) in [5, 5.41) is 14.0. The molecule has 0 radical (unpaired) electrons. The summed E-state index contributed by atoms with van der Waals surface area (Å²) < 4.78 is 1.92. The van der Waals surface area contributed by atoms with Gasteiger partial charge in [-0.15, -0.1) is 0 Å². The number of hydrogen-bond donors (Lipinski definition) is 0. The van der Waals surface area contributed by atoms with E-state index in [9.17, 15) is 10.1 Å². The quantitative estimate of drug-likeness (QED) is 0.812. The molecule has 4 heteroatoms. The van der Waals surface area contributed by atoms with Crippen LogP contribution in [0.2, 0.25) is 0 Å². The van der Waals surface area contributed by atoms with Gasteiger partial charge >= 0.3 is 0 Å². The first kappa shape index (κ1) is 14.9. The molecule has 120 valence electrons. The van der Waals surface area contributed by atoms with Gasteiger partial charge in [0.25, 0.3) is 0 Å². The molecular formula is C20H19N3O. The van der Waals surface area contributed by atoms with Gasteiger partial charge in [0.05, 0.1) is 22.9 Å². The molecule has 1 aromatic heterocycles. The summed E-state index contributed by atoms with van der Waals surface area (Å²) in [5.41, 5.74) is 3.28. The van der Waals surface area contributed by atoms with Crippen molar-refractivity contribution in [2.45, 2.75) is 25.2 Å². The number of nitrogens with zero attached hydrogens (tertiary/aromatic N) is 3. The van der Waals surface area contributed by atoms with Crippen LogP contribution < -0.4 is 0 Å². The van der Waals surface area contributed by atoms with Crippen molar-refractivity contribution in [2.75, 3.05) is 0 Å². The Morgan fingerprint density at radius 3 is 2.79 bits per heavy atom. The monoisotopic (exact) mass is 317 g/mol. The summed E-state index contributed by atoms with van der Waals surface area (Å²) in [4.78, 5) is 12.6. The van der Waals surface area contributed by atoms with Crippen molar-refractivity contribution in [1.82, 2.24) is 9.78 Å². The van der Waals surface area contributed by atoms with Crippen LogP contribution >= 0.6 is 0 Å². The molecule has 0 spiro atoms. The van der Waals surface area contributed by atoms with Crippen molar-refractivity contribution in [1.29, 1.82) is 5.26 Å². The van der Waals surface area contributed by atoms with Crippen molar-refractivity contribution in [3.8, 4) is 6.07 Å². The Balaban J connectivity index is 2.11. The van der Waals surface area contributed by atoms with E-state index in [1.54, 1.807) is 0 Å². The van der Waals surface area contributed by atoms with Crippen LogP contribution in [0.5, 0.6) is 0 Å². The summed E-state index contributed by atoms with van der Waals surface area (Å²) in [5.74, 6) is -0.0556. The van der Waals surface area contributed by atoms with Crippen molar-refractivity contribution in [2.24, 2.45) is 18.9 Å². The lowest BCUT2D eigenvalue weighted by atomic mass is 9.54. The molecule has 2 aromatic rings. The smallest absolute Gasteiger partial charge is 0.176 e. The lowest BCUT2D eigenvalue weighted by molar-refractivity contribution is -0.121. The van der Waals surface area contributed by atoms with Gasteiger partial charge in [-0.05, 0) is 36.0 Å². The predicted molar refractivity (Wildman–Crippen MR) is 90.1 cm³/mol. The van der Waals surface area contributed by atoms with Crippen LogP contribution in [-0.4, -0.2) is 15.6 Å². The minimum atomic E-state index is -0.460. The number of carbonyl (C=O) groups excluding carboxylic acids is 1. The van der Waals surface area contributed by atoms with Gasteiger partial charge in [-0.1, -0.05) is 37.3 Å². The van der Waals surface area contributed by atoms with E-state index in [0.717, 1.165) is 24.1 Å². The molecule has 1 heterocycles. The molecule has 3 atom stereocenters. The molecule has 0 amide bonds. The number of allylic oxidation sites excluding steroid dienone is 2. The second kappa shape index (κ2) is 5.17. The molecule has 0 bridgehead atoms. The topological polar surface area (TPSA) is 58.7 Å². The van der Waals surface area contributed by atoms with Crippen LogP contribution in [0.1, 0.15) is 30.2 Å². The minimum absolute atomic E-state index is 0.0281. The number of fused-ring (bicyclic) bond motifs is 3. The Kier molecular flexibility index (Phi) is 3.21. The molecule has 24 heavy (non-hydrogen) atoms. The number of ketones is 1. The van der Waals surface area contributed by atoms with E-state index in [2.05, 4.69) is 23.3 Å². The summed E-state index contributed by atoms with van der Waals surface area (Å²) >= 11 is 0. The SMILES string of the molecule is CC1C(=O)C(C#N)=C[C@]2(c3ccccc3)c3c(cnn3C)CCC12. The van der Waals surface area contributed by atoms with E-state index in [1.807, 2.05) is 49.1 Å². The third kappa shape index (κ3) is 1.78. The third-order valence-electron chi connectivity index (χ3n) is 5.74. The Morgan fingerprint density at radius 2 is 2.08 bits per heavy atom. The highest BCUT2D eigenvalue weighted by atomic mass is 16.1.